The Hall–Kier alpha value is -1.53. The van der Waals surface area contributed by atoms with E-state index in [1.165, 1.54) is 22.7 Å². The Morgan fingerprint density at radius 2 is 2.12 bits per heavy atom. The third-order valence-electron chi connectivity index (χ3n) is 4.29. The van der Waals surface area contributed by atoms with Gasteiger partial charge in [0.2, 0.25) is 0 Å². The average Bonchev–Trinajstić information content (AvgIpc) is 3.03. The summed E-state index contributed by atoms with van der Waals surface area (Å²) in [5.74, 6) is 0.986. The summed E-state index contributed by atoms with van der Waals surface area (Å²) in [6.45, 7) is 11.6. The van der Waals surface area contributed by atoms with Crippen LogP contribution in [0, 0.1) is 6.92 Å². The molecule has 2 aromatic heterocycles. The summed E-state index contributed by atoms with van der Waals surface area (Å²) in [6, 6.07) is 4.59. The van der Waals surface area contributed by atoms with E-state index >= 15 is 0 Å². The second-order valence-electron chi connectivity index (χ2n) is 7.58. The number of rotatable bonds is 4. The van der Waals surface area contributed by atoms with Crippen LogP contribution in [0.15, 0.2) is 18.3 Å². The number of hydrogen-bond acceptors (Lipinski definition) is 6. The van der Waals surface area contributed by atoms with E-state index in [-0.39, 0.29) is 5.41 Å². The predicted molar refractivity (Wildman–Crippen MR) is 99.7 cm³/mol. The summed E-state index contributed by atoms with van der Waals surface area (Å²) in [5.41, 5.74) is 1.10. The van der Waals surface area contributed by atoms with Gasteiger partial charge in [-0.05, 0) is 31.9 Å². The lowest BCUT2D eigenvalue weighted by molar-refractivity contribution is 0.420. The molecule has 0 saturated carbocycles. The predicted octanol–water partition coefficient (Wildman–Crippen LogP) is 3.30. The molecule has 5 nitrogen and oxygen atoms in total. The van der Waals surface area contributed by atoms with Crippen molar-refractivity contribution >= 4 is 17.2 Å². The fourth-order valence-corrected chi connectivity index (χ4v) is 3.81. The van der Waals surface area contributed by atoms with Crippen molar-refractivity contribution in [3.8, 4) is 0 Å². The first-order valence-electron chi connectivity index (χ1n) is 8.65. The smallest absolute Gasteiger partial charge is 0.151 e. The van der Waals surface area contributed by atoms with Gasteiger partial charge in [0.1, 0.15) is 0 Å². The van der Waals surface area contributed by atoms with Crippen LogP contribution in [0.1, 0.15) is 49.2 Å². The van der Waals surface area contributed by atoms with Crippen molar-refractivity contribution in [3.05, 3.63) is 33.9 Å². The van der Waals surface area contributed by atoms with Gasteiger partial charge < -0.3 is 10.2 Å². The van der Waals surface area contributed by atoms with Crippen molar-refractivity contribution in [2.75, 3.05) is 18.0 Å². The summed E-state index contributed by atoms with van der Waals surface area (Å²) in [5, 5.41) is 13.4. The Bertz CT molecular complexity index is 659. The van der Waals surface area contributed by atoms with E-state index in [0.29, 0.717) is 6.04 Å². The lowest BCUT2D eigenvalue weighted by Gasteiger charge is -2.33. The van der Waals surface area contributed by atoms with Gasteiger partial charge >= 0.3 is 0 Å². The maximum absolute atomic E-state index is 4.57. The van der Waals surface area contributed by atoms with Gasteiger partial charge in [-0.3, -0.25) is 0 Å². The van der Waals surface area contributed by atoms with E-state index in [1.807, 2.05) is 30.5 Å². The van der Waals surface area contributed by atoms with Crippen LogP contribution in [0.2, 0.25) is 0 Å². The van der Waals surface area contributed by atoms with Gasteiger partial charge in [0.05, 0.1) is 10.7 Å². The lowest BCUT2D eigenvalue weighted by Crippen LogP contribution is -2.45. The van der Waals surface area contributed by atoms with E-state index < -0.39 is 0 Å². The molecule has 3 heterocycles. The molecule has 0 radical (unpaired) electrons. The zero-order chi connectivity index (χ0) is 17.2. The second-order valence-corrected chi connectivity index (χ2v) is 8.70. The fourth-order valence-electron chi connectivity index (χ4n) is 2.89. The van der Waals surface area contributed by atoms with Gasteiger partial charge in [0.15, 0.2) is 5.82 Å². The van der Waals surface area contributed by atoms with Crippen molar-refractivity contribution in [1.82, 2.24) is 20.5 Å². The molecule has 2 aromatic rings. The molecule has 1 aliphatic rings. The maximum Gasteiger partial charge on any atom is 0.151 e. The Balaban J connectivity index is 1.56. The highest BCUT2D eigenvalue weighted by atomic mass is 32.1. The molecular formula is C18H27N5S. The minimum atomic E-state index is 0.134. The van der Waals surface area contributed by atoms with Crippen molar-refractivity contribution in [1.29, 1.82) is 0 Å². The first-order chi connectivity index (χ1) is 11.4. The molecule has 1 atom stereocenters. The molecule has 130 valence electrons. The van der Waals surface area contributed by atoms with Gasteiger partial charge in [-0.1, -0.05) is 20.8 Å². The van der Waals surface area contributed by atoms with Crippen molar-refractivity contribution < 1.29 is 0 Å². The molecule has 1 N–H and O–H groups in total. The summed E-state index contributed by atoms with van der Waals surface area (Å²) in [7, 11) is 0. The van der Waals surface area contributed by atoms with E-state index in [4.69, 9.17) is 0 Å². The fraction of sp³-hybridized carbons (Fsp3) is 0.611. The maximum atomic E-state index is 4.57. The first kappa shape index (κ1) is 17.3. The van der Waals surface area contributed by atoms with Crippen LogP contribution < -0.4 is 10.2 Å². The number of aromatic nitrogens is 3. The highest BCUT2D eigenvalue weighted by molar-refractivity contribution is 7.11. The van der Waals surface area contributed by atoms with Crippen LogP contribution in [-0.4, -0.2) is 34.3 Å². The number of hydrogen-bond donors (Lipinski definition) is 1. The third kappa shape index (κ3) is 4.30. The lowest BCUT2D eigenvalue weighted by atomic mass is 9.98. The molecule has 0 amide bonds. The van der Waals surface area contributed by atoms with Crippen LogP contribution in [0.3, 0.4) is 0 Å². The van der Waals surface area contributed by atoms with Gasteiger partial charge in [0, 0.05) is 42.2 Å². The Morgan fingerprint density at radius 1 is 1.29 bits per heavy atom. The highest BCUT2D eigenvalue weighted by Crippen LogP contribution is 2.27. The van der Waals surface area contributed by atoms with Crippen LogP contribution in [0.4, 0.5) is 5.82 Å². The molecule has 3 rings (SSSR count). The molecule has 1 fully saturated rings. The highest BCUT2D eigenvalue weighted by Gasteiger charge is 2.22. The molecule has 1 unspecified atom stereocenters. The van der Waals surface area contributed by atoms with Crippen molar-refractivity contribution in [2.24, 2.45) is 0 Å². The quantitative estimate of drug-likeness (QED) is 0.921. The number of nitrogens with one attached hydrogen (secondary N) is 1. The van der Waals surface area contributed by atoms with Gasteiger partial charge in [0.25, 0.3) is 0 Å². The van der Waals surface area contributed by atoms with Crippen LogP contribution in [0.5, 0.6) is 0 Å². The normalized spacial score (nSPS) is 18.8. The largest absolute Gasteiger partial charge is 0.354 e. The summed E-state index contributed by atoms with van der Waals surface area (Å²) in [4.78, 5) is 8.22. The van der Waals surface area contributed by atoms with Gasteiger partial charge in [-0.25, -0.2) is 4.98 Å². The summed E-state index contributed by atoms with van der Waals surface area (Å²) in [6.07, 6.45) is 4.41. The number of piperidine rings is 1. The minimum Gasteiger partial charge on any atom is -0.354 e. The Labute approximate surface area is 148 Å². The SMILES string of the molecule is Cc1ccc(N2CCCC(NCc3cnc(C(C)(C)C)s3)C2)nn1. The summed E-state index contributed by atoms with van der Waals surface area (Å²) < 4.78 is 0. The van der Waals surface area contributed by atoms with Crippen molar-refractivity contribution in [3.63, 3.8) is 0 Å². The van der Waals surface area contributed by atoms with Gasteiger partial charge in [-0.15, -0.1) is 16.4 Å². The zero-order valence-corrected chi connectivity index (χ0v) is 15.9. The van der Waals surface area contributed by atoms with E-state index in [2.05, 4.69) is 52.2 Å². The molecule has 1 aliphatic heterocycles. The molecule has 6 heteroatoms. The molecule has 1 saturated heterocycles. The number of nitrogens with zero attached hydrogens (tertiary/aromatic N) is 4. The first-order valence-corrected chi connectivity index (χ1v) is 9.47. The topological polar surface area (TPSA) is 53.9 Å². The number of anilines is 1. The van der Waals surface area contributed by atoms with Crippen molar-refractivity contribution in [2.45, 2.75) is 58.5 Å². The zero-order valence-electron chi connectivity index (χ0n) is 15.0. The molecule has 24 heavy (non-hydrogen) atoms. The number of aryl methyl sites for hydroxylation is 1. The van der Waals surface area contributed by atoms with Gasteiger partial charge in [-0.2, -0.15) is 5.10 Å². The molecule has 0 aliphatic carbocycles. The average molecular weight is 346 g/mol. The Kier molecular flexibility index (Phi) is 5.15. The molecule has 0 aromatic carbocycles. The summed E-state index contributed by atoms with van der Waals surface area (Å²) >= 11 is 1.82. The number of thiazole rings is 1. The van der Waals surface area contributed by atoms with E-state index in [9.17, 15) is 0 Å². The minimum absolute atomic E-state index is 0.134. The van der Waals surface area contributed by atoms with Crippen LogP contribution in [0.25, 0.3) is 0 Å². The van der Waals surface area contributed by atoms with Crippen LogP contribution >= 0.6 is 11.3 Å². The standard InChI is InChI=1S/C18H27N5S/c1-13-7-8-16(22-21-13)23-9-5-6-14(12-23)19-10-15-11-20-17(24-15)18(2,3)4/h7-8,11,14,19H,5-6,9-10,12H2,1-4H3. The Morgan fingerprint density at radius 3 is 2.79 bits per heavy atom. The molecule has 0 spiro atoms. The monoisotopic (exact) mass is 345 g/mol. The molecular weight excluding hydrogens is 318 g/mol. The molecule has 0 bridgehead atoms. The van der Waals surface area contributed by atoms with E-state index in [0.717, 1.165) is 31.1 Å². The van der Waals surface area contributed by atoms with E-state index in [1.54, 1.807) is 0 Å². The second kappa shape index (κ2) is 7.15. The van der Waals surface area contributed by atoms with Crippen LogP contribution in [-0.2, 0) is 12.0 Å². The third-order valence-corrected chi connectivity index (χ3v) is 5.71.